The molecule has 1 aromatic carbocycles. The maximum Gasteiger partial charge on any atom is 0.258 e. The molecule has 3 N–H and O–H groups in total. The third kappa shape index (κ3) is 1.81. The number of benzene rings is 1. The number of rotatable bonds is 1. The second-order valence-corrected chi connectivity index (χ2v) is 4.24. The van der Waals surface area contributed by atoms with E-state index in [4.69, 9.17) is 17.3 Å². The van der Waals surface area contributed by atoms with Gasteiger partial charge in [0.05, 0.1) is 10.9 Å². The van der Waals surface area contributed by atoms with Crippen LogP contribution in [0.1, 0.15) is 24.4 Å². The molecule has 16 heavy (non-hydrogen) atoms. The van der Waals surface area contributed by atoms with Crippen LogP contribution in [0.25, 0.3) is 10.9 Å². The second kappa shape index (κ2) is 3.88. The molecule has 0 spiro atoms. The Labute approximate surface area is 97.5 Å². The van der Waals surface area contributed by atoms with Crippen molar-refractivity contribution in [3.8, 4) is 0 Å². The Morgan fingerprint density at radius 3 is 2.81 bits per heavy atom. The second-order valence-electron chi connectivity index (χ2n) is 3.83. The first-order valence-electron chi connectivity index (χ1n) is 4.94. The topological polar surface area (TPSA) is 71.8 Å². The number of H-pyrrole nitrogens is 1. The standard InChI is InChI=1S/C11H12ClN3O/c1-5(13)7-3-8-10(4-9(7)12)14-6(2)15-11(8)16/h3-5H,13H2,1-2H3,(H,14,15,16). The van der Waals surface area contributed by atoms with E-state index in [0.29, 0.717) is 21.7 Å². The summed E-state index contributed by atoms with van der Waals surface area (Å²) < 4.78 is 0. The summed E-state index contributed by atoms with van der Waals surface area (Å²) in [4.78, 5) is 18.6. The summed E-state index contributed by atoms with van der Waals surface area (Å²) >= 11 is 6.07. The molecule has 0 radical (unpaired) electrons. The zero-order valence-electron chi connectivity index (χ0n) is 9.04. The number of nitrogens with one attached hydrogen (secondary N) is 1. The minimum absolute atomic E-state index is 0.166. The Morgan fingerprint density at radius 1 is 1.50 bits per heavy atom. The molecule has 0 aliphatic heterocycles. The number of aromatic nitrogens is 2. The van der Waals surface area contributed by atoms with E-state index < -0.39 is 0 Å². The van der Waals surface area contributed by atoms with Gasteiger partial charge in [-0.3, -0.25) is 4.79 Å². The summed E-state index contributed by atoms with van der Waals surface area (Å²) in [6.45, 7) is 3.55. The molecule has 1 unspecified atom stereocenters. The van der Waals surface area contributed by atoms with E-state index in [1.807, 2.05) is 6.92 Å². The normalized spacial score (nSPS) is 13.0. The van der Waals surface area contributed by atoms with Gasteiger partial charge < -0.3 is 10.7 Å². The number of fused-ring (bicyclic) bond motifs is 1. The summed E-state index contributed by atoms with van der Waals surface area (Å²) in [6, 6.07) is 3.17. The lowest BCUT2D eigenvalue weighted by Gasteiger charge is -2.09. The van der Waals surface area contributed by atoms with Crippen molar-refractivity contribution in [2.45, 2.75) is 19.9 Å². The molecule has 2 aromatic rings. The molecule has 1 atom stereocenters. The van der Waals surface area contributed by atoms with Crippen LogP contribution in [-0.2, 0) is 0 Å². The molecule has 5 heteroatoms. The third-order valence-corrected chi connectivity index (χ3v) is 2.76. The molecule has 0 saturated heterocycles. The minimum Gasteiger partial charge on any atom is -0.324 e. The van der Waals surface area contributed by atoms with Crippen LogP contribution >= 0.6 is 11.6 Å². The highest BCUT2D eigenvalue weighted by molar-refractivity contribution is 6.32. The molecule has 0 aliphatic carbocycles. The lowest BCUT2D eigenvalue weighted by Crippen LogP contribution is -2.12. The van der Waals surface area contributed by atoms with E-state index in [0.717, 1.165) is 5.56 Å². The maximum absolute atomic E-state index is 11.7. The van der Waals surface area contributed by atoms with Crippen LogP contribution in [0, 0.1) is 6.92 Å². The quantitative estimate of drug-likeness (QED) is 0.796. The summed E-state index contributed by atoms with van der Waals surface area (Å²) in [5.41, 5.74) is 6.95. The molecule has 2 rings (SSSR count). The van der Waals surface area contributed by atoms with Crippen molar-refractivity contribution >= 4 is 22.5 Å². The highest BCUT2D eigenvalue weighted by Gasteiger charge is 2.10. The Balaban J connectivity index is 2.85. The minimum atomic E-state index is -0.211. The Bertz CT molecular complexity index is 604. The number of aromatic amines is 1. The first kappa shape index (κ1) is 11.1. The number of hydrogen-bond acceptors (Lipinski definition) is 3. The Kier molecular flexibility index (Phi) is 2.69. The largest absolute Gasteiger partial charge is 0.324 e. The summed E-state index contributed by atoms with van der Waals surface area (Å²) in [6.07, 6.45) is 0. The van der Waals surface area contributed by atoms with Gasteiger partial charge in [0, 0.05) is 11.1 Å². The van der Waals surface area contributed by atoms with Crippen molar-refractivity contribution < 1.29 is 0 Å². The van der Waals surface area contributed by atoms with Crippen LogP contribution in [0.5, 0.6) is 0 Å². The van der Waals surface area contributed by atoms with Gasteiger partial charge in [0.2, 0.25) is 0 Å². The van der Waals surface area contributed by atoms with Crippen LogP contribution in [-0.4, -0.2) is 9.97 Å². The summed E-state index contributed by atoms with van der Waals surface area (Å²) in [5, 5.41) is 1.06. The van der Waals surface area contributed by atoms with E-state index in [1.54, 1.807) is 19.1 Å². The van der Waals surface area contributed by atoms with Crippen LogP contribution in [0.4, 0.5) is 0 Å². The van der Waals surface area contributed by atoms with Crippen molar-refractivity contribution in [3.05, 3.63) is 38.9 Å². The van der Waals surface area contributed by atoms with E-state index in [9.17, 15) is 4.79 Å². The van der Waals surface area contributed by atoms with Crippen molar-refractivity contribution in [1.29, 1.82) is 0 Å². The van der Waals surface area contributed by atoms with Gasteiger partial charge in [-0.25, -0.2) is 4.98 Å². The summed E-state index contributed by atoms with van der Waals surface area (Å²) in [5.74, 6) is 0.571. The predicted molar refractivity (Wildman–Crippen MR) is 64.7 cm³/mol. The fourth-order valence-electron chi connectivity index (χ4n) is 1.64. The van der Waals surface area contributed by atoms with Gasteiger partial charge in [-0.15, -0.1) is 0 Å². The first-order valence-corrected chi connectivity index (χ1v) is 5.32. The van der Waals surface area contributed by atoms with Crippen LogP contribution in [0.2, 0.25) is 5.02 Å². The van der Waals surface area contributed by atoms with Gasteiger partial charge in [-0.05, 0) is 31.5 Å². The van der Waals surface area contributed by atoms with Gasteiger partial charge in [0.25, 0.3) is 5.56 Å². The fraction of sp³-hybridized carbons (Fsp3) is 0.273. The molecule has 0 fully saturated rings. The maximum atomic E-state index is 11.7. The molecular weight excluding hydrogens is 226 g/mol. The third-order valence-electron chi connectivity index (χ3n) is 2.43. The number of hydrogen-bond donors (Lipinski definition) is 2. The zero-order chi connectivity index (χ0) is 11.9. The Morgan fingerprint density at radius 2 is 2.19 bits per heavy atom. The number of nitrogens with zero attached hydrogens (tertiary/aromatic N) is 1. The zero-order valence-corrected chi connectivity index (χ0v) is 9.80. The molecule has 0 bridgehead atoms. The molecular formula is C11H12ClN3O. The molecule has 0 saturated carbocycles. The van der Waals surface area contributed by atoms with E-state index in [1.165, 1.54) is 0 Å². The van der Waals surface area contributed by atoms with Crippen LogP contribution in [0.3, 0.4) is 0 Å². The van der Waals surface area contributed by atoms with Crippen molar-refractivity contribution in [2.75, 3.05) is 0 Å². The van der Waals surface area contributed by atoms with E-state index in [-0.39, 0.29) is 11.6 Å². The van der Waals surface area contributed by atoms with Gasteiger partial charge >= 0.3 is 0 Å². The van der Waals surface area contributed by atoms with Gasteiger partial charge in [-0.2, -0.15) is 0 Å². The van der Waals surface area contributed by atoms with Crippen molar-refractivity contribution in [2.24, 2.45) is 5.73 Å². The van der Waals surface area contributed by atoms with Crippen LogP contribution < -0.4 is 11.3 Å². The van der Waals surface area contributed by atoms with Gasteiger partial charge in [0.15, 0.2) is 0 Å². The number of halogens is 1. The first-order chi connectivity index (χ1) is 7.49. The Hall–Kier alpha value is -1.39. The monoisotopic (exact) mass is 237 g/mol. The fourth-order valence-corrected chi connectivity index (χ4v) is 1.97. The van der Waals surface area contributed by atoms with Gasteiger partial charge in [-0.1, -0.05) is 11.6 Å². The average Bonchev–Trinajstić information content (AvgIpc) is 2.15. The molecule has 4 nitrogen and oxygen atoms in total. The van der Waals surface area contributed by atoms with E-state index in [2.05, 4.69) is 9.97 Å². The molecule has 0 aliphatic rings. The smallest absolute Gasteiger partial charge is 0.258 e. The lowest BCUT2D eigenvalue weighted by molar-refractivity contribution is 0.819. The van der Waals surface area contributed by atoms with Crippen molar-refractivity contribution in [1.82, 2.24) is 9.97 Å². The average molecular weight is 238 g/mol. The van der Waals surface area contributed by atoms with Crippen LogP contribution in [0.15, 0.2) is 16.9 Å². The molecule has 1 heterocycles. The molecule has 1 aromatic heterocycles. The van der Waals surface area contributed by atoms with Gasteiger partial charge in [0.1, 0.15) is 5.82 Å². The highest BCUT2D eigenvalue weighted by atomic mass is 35.5. The van der Waals surface area contributed by atoms with E-state index >= 15 is 0 Å². The predicted octanol–water partition coefficient (Wildman–Crippen LogP) is 1.90. The highest BCUT2D eigenvalue weighted by Crippen LogP contribution is 2.24. The van der Waals surface area contributed by atoms with Crippen molar-refractivity contribution in [3.63, 3.8) is 0 Å². The molecule has 0 amide bonds. The number of nitrogens with two attached hydrogens (primary N) is 1. The summed E-state index contributed by atoms with van der Waals surface area (Å²) in [7, 11) is 0. The SMILES string of the molecule is Cc1nc2cc(Cl)c(C(C)N)cc2c(=O)[nH]1. The lowest BCUT2D eigenvalue weighted by atomic mass is 10.1. The molecule has 84 valence electrons. The number of aryl methyl sites for hydroxylation is 1.